The number of hydrogen-bond donors (Lipinski definition) is 0. The second-order valence-electron chi connectivity index (χ2n) is 5.23. The lowest BCUT2D eigenvalue weighted by Gasteiger charge is -2.08. The molecule has 3 nitrogen and oxygen atoms in total. The van der Waals surface area contributed by atoms with Gasteiger partial charge in [0.1, 0.15) is 11.5 Å². The molecule has 2 rings (SSSR count). The number of para-hydroxylation sites is 1. The van der Waals surface area contributed by atoms with Crippen molar-refractivity contribution in [2.45, 2.75) is 33.1 Å². The highest BCUT2D eigenvalue weighted by Crippen LogP contribution is 2.19. The van der Waals surface area contributed by atoms with E-state index in [0.717, 1.165) is 17.7 Å². The van der Waals surface area contributed by atoms with Gasteiger partial charge in [-0.15, -0.1) is 0 Å². The molecule has 2 aromatic carbocycles. The molecule has 22 heavy (non-hydrogen) atoms. The molecule has 0 bridgehead atoms. The van der Waals surface area contributed by atoms with Crippen molar-refractivity contribution in [2.24, 2.45) is 0 Å². The lowest BCUT2D eigenvalue weighted by molar-refractivity contribution is 0.0733. The van der Waals surface area contributed by atoms with E-state index in [4.69, 9.17) is 9.47 Å². The average Bonchev–Trinajstić information content (AvgIpc) is 2.54. The lowest BCUT2D eigenvalue weighted by Crippen LogP contribution is -2.09. The maximum Gasteiger partial charge on any atom is 0.343 e. The van der Waals surface area contributed by atoms with Crippen molar-refractivity contribution in [3.05, 3.63) is 59.7 Å². The SMILES string of the molecule is CCCCCOc1ccc(C(=O)Oc2ccccc2C)cc1. The molecule has 0 N–H and O–H groups in total. The molecule has 0 aliphatic rings. The number of benzene rings is 2. The minimum absolute atomic E-state index is 0.355. The second-order valence-corrected chi connectivity index (χ2v) is 5.23. The molecule has 0 saturated heterocycles. The van der Waals surface area contributed by atoms with Crippen molar-refractivity contribution in [3.8, 4) is 11.5 Å². The molecule has 0 unspecified atom stereocenters. The number of esters is 1. The van der Waals surface area contributed by atoms with Gasteiger partial charge in [0.2, 0.25) is 0 Å². The number of aryl methyl sites for hydroxylation is 1. The van der Waals surface area contributed by atoms with E-state index >= 15 is 0 Å². The van der Waals surface area contributed by atoms with Crippen molar-refractivity contribution in [1.82, 2.24) is 0 Å². The summed E-state index contributed by atoms with van der Waals surface area (Å²) in [6, 6.07) is 14.5. The molecule has 0 saturated carbocycles. The van der Waals surface area contributed by atoms with Crippen LogP contribution in [0.2, 0.25) is 0 Å². The fourth-order valence-corrected chi connectivity index (χ4v) is 2.06. The van der Waals surface area contributed by atoms with Crippen LogP contribution in [0.5, 0.6) is 11.5 Å². The van der Waals surface area contributed by atoms with Gasteiger partial charge in [0, 0.05) is 0 Å². The summed E-state index contributed by atoms with van der Waals surface area (Å²) in [5.41, 5.74) is 1.45. The summed E-state index contributed by atoms with van der Waals surface area (Å²) in [6.45, 7) is 4.78. The fraction of sp³-hybridized carbons (Fsp3) is 0.316. The van der Waals surface area contributed by atoms with E-state index in [1.807, 2.05) is 25.1 Å². The van der Waals surface area contributed by atoms with E-state index in [0.29, 0.717) is 17.9 Å². The van der Waals surface area contributed by atoms with Gasteiger partial charge in [-0.25, -0.2) is 4.79 Å². The quantitative estimate of drug-likeness (QED) is 0.419. The highest BCUT2D eigenvalue weighted by Gasteiger charge is 2.10. The van der Waals surface area contributed by atoms with E-state index < -0.39 is 0 Å². The third kappa shape index (κ3) is 4.62. The van der Waals surface area contributed by atoms with Gasteiger partial charge in [0.05, 0.1) is 12.2 Å². The van der Waals surface area contributed by atoms with Crippen LogP contribution in [0.15, 0.2) is 48.5 Å². The monoisotopic (exact) mass is 298 g/mol. The Bertz CT molecular complexity index is 602. The number of ether oxygens (including phenoxy) is 2. The van der Waals surface area contributed by atoms with Crippen LogP contribution in [0.4, 0.5) is 0 Å². The molecule has 0 radical (unpaired) electrons. The van der Waals surface area contributed by atoms with Crippen molar-refractivity contribution in [2.75, 3.05) is 6.61 Å². The Labute approximate surface area is 131 Å². The fourth-order valence-electron chi connectivity index (χ4n) is 2.06. The van der Waals surface area contributed by atoms with Gasteiger partial charge in [-0.1, -0.05) is 38.0 Å². The summed E-state index contributed by atoms with van der Waals surface area (Å²) in [6.07, 6.45) is 3.39. The van der Waals surface area contributed by atoms with E-state index in [1.165, 1.54) is 12.8 Å². The van der Waals surface area contributed by atoms with Gasteiger partial charge in [-0.2, -0.15) is 0 Å². The van der Waals surface area contributed by atoms with Crippen molar-refractivity contribution < 1.29 is 14.3 Å². The van der Waals surface area contributed by atoms with Crippen LogP contribution in [-0.2, 0) is 0 Å². The zero-order chi connectivity index (χ0) is 15.8. The molecule has 116 valence electrons. The van der Waals surface area contributed by atoms with Crippen LogP contribution in [0, 0.1) is 6.92 Å². The molecule has 2 aromatic rings. The van der Waals surface area contributed by atoms with Gasteiger partial charge in [-0.3, -0.25) is 0 Å². The van der Waals surface area contributed by atoms with Gasteiger partial charge < -0.3 is 9.47 Å². The first-order chi connectivity index (χ1) is 10.7. The topological polar surface area (TPSA) is 35.5 Å². The van der Waals surface area contributed by atoms with Crippen LogP contribution in [0.25, 0.3) is 0 Å². The Hall–Kier alpha value is -2.29. The van der Waals surface area contributed by atoms with Crippen molar-refractivity contribution in [1.29, 1.82) is 0 Å². The normalized spacial score (nSPS) is 10.3. The molecule has 0 heterocycles. The molecule has 3 heteroatoms. The summed E-state index contributed by atoms with van der Waals surface area (Å²) >= 11 is 0. The number of hydrogen-bond acceptors (Lipinski definition) is 3. The maximum atomic E-state index is 12.1. The minimum atomic E-state index is -0.355. The molecule has 0 aliphatic carbocycles. The second kappa shape index (κ2) is 8.23. The zero-order valence-electron chi connectivity index (χ0n) is 13.2. The third-order valence-electron chi connectivity index (χ3n) is 3.40. The number of unbranched alkanes of at least 4 members (excludes halogenated alkanes) is 2. The summed E-state index contributed by atoms with van der Waals surface area (Å²) < 4.78 is 11.0. The van der Waals surface area contributed by atoms with Gasteiger partial charge in [-0.05, 0) is 49.2 Å². The number of rotatable bonds is 7. The Balaban J connectivity index is 1.92. The number of carbonyl (C=O) groups excluding carboxylic acids is 1. The molecule has 0 spiro atoms. The maximum absolute atomic E-state index is 12.1. The third-order valence-corrected chi connectivity index (χ3v) is 3.40. The van der Waals surface area contributed by atoms with E-state index in [2.05, 4.69) is 6.92 Å². The summed E-state index contributed by atoms with van der Waals surface area (Å²) in [4.78, 5) is 12.1. The lowest BCUT2D eigenvalue weighted by atomic mass is 10.2. The van der Waals surface area contributed by atoms with Crippen LogP contribution < -0.4 is 9.47 Å². The predicted octanol–water partition coefficient (Wildman–Crippen LogP) is 4.78. The molecule has 0 aliphatic heterocycles. The minimum Gasteiger partial charge on any atom is -0.494 e. The highest BCUT2D eigenvalue weighted by atomic mass is 16.5. The van der Waals surface area contributed by atoms with Crippen molar-refractivity contribution >= 4 is 5.97 Å². The summed E-state index contributed by atoms with van der Waals surface area (Å²) in [5, 5.41) is 0. The molecule has 0 amide bonds. The highest BCUT2D eigenvalue weighted by molar-refractivity contribution is 5.91. The van der Waals surface area contributed by atoms with Crippen molar-refractivity contribution in [3.63, 3.8) is 0 Å². The molecule has 0 fully saturated rings. The van der Waals surface area contributed by atoms with Gasteiger partial charge in [0.25, 0.3) is 0 Å². The Morgan fingerprint density at radius 2 is 1.73 bits per heavy atom. The van der Waals surface area contributed by atoms with Crippen LogP contribution in [0.1, 0.15) is 42.1 Å². The molecular weight excluding hydrogens is 276 g/mol. The Morgan fingerprint density at radius 1 is 1.00 bits per heavy atom. The smallest absolute Gasteiger partial charge is 0.343 e. The zero-order valence-corrected chi connectivity index (χ0v) is 13.2. The molecular formula is C19H22O3. The summed E-state index contributed by atoms with van der Waals surface area (Å²) in [7, 11) is 0. The first-order valence-electron chi connectivity index (χ1n) is 7.71. The molecule has 0 aromatic heterocycles. The number of carbonyl (C=O) groups is 1. The standard InChI is InChI=1S/C19H22O3/c1-3-4-7-14-21-17-12-10-16(11-13-17)19(20)22-18-9-6-5-8-15(18)2/h5-6,8-13H,3-4,7,14H2,1-2H3. The van der Waals surface area contributed by atoms with Gasteiger partial charge in [0.15, 0.2) is 0 Å². The van der Waals surface area contributed by atoms with Gasteiger partial charge >= 0.3 is 5.97 Å². The van der Waals surface area contributed by atoms with E-state index in [9.17, 15) is 4.79 Å². The van der Waals surface area contributed by atoms with Crippen LogP contribution in [0.3, 0.4) is 0 Å². The largest absolute Gasteiger partial charge is 0.494 e. The van der Waals surface area contributed by atoms with E-state index in [1.54, 1.807) is 30.3 Å². The first-order valence-corrected chi connectivity index (χ1v) is 7.71. The molecule has 0 atom stereocenters. The Morgan fingerprint density at radius 3 is 2.41 bits per heavy atom. The van der Waals surface area contributed by atoms with Crippen LogP contribution in [-0.4, -0.2) is 12.6 Å². The average molecular weight is 298 g/mol. The van der Waals surface area contributed by atoms with Crippen LogP contribution >= 0.6 is 0 Å². The van der Waals surface area contributed by atoms with E-state index in [-0.39, 0.29) is 5.97 Å². The Kier molecular flexibility index (Phi) is 6.01. The predicted molar refractivity (Wildman–Crippen MR) is 87.6 cm³/mol. The summed E-state index contributed by atoms with van der Waals surface area (Å²) in [5.74, 6) is 1.02. The first kappa shape index (κ1) is 16.1.